The standard InChI is InChI=1S/C15H19N5/c1-11-14(8-16-3)12(2)20(18-11)10-13-9-19-7-5-4-6-15(19)17-13/h4-7,9,16H,8,10H2,1-3H3. The Labute approximate surface area is 118 Å². The molecular formula is C15H19N5. The number of hydrogen-bond acceptors (Lipinski definition) is 3. The Balaban J connectivity index is 1.92. The van der Waals surface area contributed by atoms with Crippen LogP contribution in [0.15, 0.2) is 30.6 Å². The van der Waals surface area contributed by atoms with E-state index in [4.69, 9.17) is 0 Å². The van der Waals surface area contributed by atoms with Crippen LogP contribution in [-0.2, 0) is 13.1 Å². The molecule has 0 aliphatic carbocycles. The zero-order valence-electron chi connectivity index (χ0n) is 12.1. The molecule has 3 heterocycles. The van der Waals surface area contributed by atoms with Gasteiger partial charge in [0.2, 0.25) is 0 Å². The molecule has 0 atom stereocenters. The van der Waals surface area contributed by atoms with Gasteiger partial charge >= 0.3 is 0 Å². The van der Waals surface area contributed by atoms with Crippen LogP contribution >= 0.6 is 0 Å². The van der Waals surface area contributed by atoms with Gasteiger partial charge in [0.05, 0.1) is 17.9 Å². The highest BCUT2D eigenvalue weighted by Gasteiger charge is 2.12. The first kappa shape index (κ1) is 12.9. The molecule has 0 aliphatic heterocycles. The second kappa shape index (κ2) is 5.09. The van der Waals surface area contributed by atoms with E-state index in [-0.39, 0.29) is 0 Å². The molecule has 0 spiro atoms. The summed E-state index contributed by atoms with van der Waals surface area (Å²) < 4.78 is 4.07. The average molecular weight is 269 g/mol. The molecule has 0 bridgehead atoms. The van der Waals surface area contributed by atoms with Crippen molar-refractivity contribution in [3.8, 4) is 0 Å². The zero-order valence-corrected chi connectivity index (χ0v) is 12.1. The van der Waals surface area contributed by atoms with E-state index >= 15 is 0 Å². The lowest BCUT2D eigenvalue weighted by Crippen LogP contribution is -2.08. The molecule has 3 rings (SSSR count). The number of aromatic nitrogens is 4. The normalized spacial score (nSPS) is 11.3. The van der Waals surface area contributed by atoms with Crippen LogP contribution in [0.25, 0.3) is 5.65 Å². The summed E-state index contributed by atoms with van der Waals surface area (Å²) in [5.41, 5.74) is 5.56. The van der Waals surface area contributed by atoms with Gasteiger partial charge in [0, 0.05) is 30.2 Å². The van der Waals surface area contributed by atoms with Crippen molar-refractivity contribution in [2.24, 2.45) is 0 Å². The fourth-order valence-electron chi connectivity index (χ4n) is 2.54. The molecule has 0 aliphatic rings. The third-order valence-corrected chi connectivity index (χ3v) is 3.61. The van der Waals surface area contributed by atoms with Crippen LogP contribution in [0.5, 0.6) is 0 Å². The zero-order chi connectivity index (χ0) is 14.1. The van der Waals surface area contributed by atoms with Crippen LogP contribution in [0.4, 0.5) is 0 Å². The van der Waals surface area contributed by atoms with Crippen molar-refractivity contribution in [2.45, 2.75) is 26.9 Å². The summed E-state index contributed by atoms with van der Waals surface area (Å²) in [6.45, 7) is 5.73. The van der Waals surface area contributed by atoms with Gasteiger partial charge in [-0.3, -0.25) is 4.68 Å². The first-order valence-corrected chi connectivity index (χ1v) is 6.79. The Morgan fingerprint density at radius 3 is 2.85 bits per heavy atom. The summed E-state index contributed by atoms with van der Waals surface area (Å²) in [5, 5.41) is 7.81. The van der Waals surface area contributed by atoms with Gasteiger partial charge < -0.3 is 9.72 Å². The molecule has 20 heavy (non-hydrogen) atoms. The number of nitrogens with one attached hydrogen (secondary N) is 1. The predicted molar refractivity (Wildman–Crippen MR) is 78.8 cm³/mol. The van der Waals surface area contributed by atoms with Gasteiger partial charge in [-0.25, -0.2) is 4.98 Å². The van der Waals surface area contributed by atoms with Crippen molar-refractivity contribution in [3.05, 3.63) is 53.2 Å². The Morgan fingerprint density at radius 2 is 2.10 bits per heavy atom. The first-order valence-electron chi connectivity index (χ1n) is 6.79. The van der Waals surface area contributed by atoms with Crippen LogP contribution in [0.3, 0.4) is 0 Å². The van der Waals surface area contributed by atoms with Gasteiger partial charge in [-0.15, -0.1) is 0 Å². The second-order valence-corrected chi connectivity index (χ2v) is 5.04. The van der Waals surface area contributed by atoms with Crippen molar-refractivity contribution in [3.63, 3.8) is 0 Å². The summed E-state index contributed by atoms with van der Waals surface area (Å²) in [6, 6.07) is 6.02. The van der Waals surface area contributed by atoms with Crippen molar-refractivity contribution in [2.75, 3.05) is 7.05 Å². The van der Waals surface area contributed by atoms with Crippen LogP contribution in [0.2, 0.25) is 0 Å². The van der Waals surface area contributed by atoms with Gasteiger partial charge in [0.15, 0.2) is 0 Å². The van der Waals surface area contributed by atoms with E-state index in [2.05, 4.69) is 35.4 Å². The maximum Gasteiger partial charge on any atom is 0.137 e. The minimum absolute atomic E-state index is 0.706. The van der Waals surface area contributed by atoms with E-state index in [0.717, 1.165) is 23.6 Å². The minimum atomic E-state index is 0.706. The average Bonchev–Trinajstić information content (AvgIpc) is 2.95. The van der Waals surface area contributed by atoms with Gasteiger partial charge in [-0.05, 0) is 33.0 Å². The van der Waals surface area contributed by atoms with E-state index in [0.29, 0.717) is 6.54 Å². The highest BCUT2D eigenvalue weighted by molar-refractivity contribution is 5.39. The van der Waals surface area contributed by atoms with Crippen molar-refractivity contribution in [1.82, 2.24) is 24.5 Å². The van der Waals surface area contributed by atoms with Gasteiger partial charge in [0.1, 0.15) is 5.65 Å². The number of aryl methyl sites for hydroxylation is 1. The molecule has 0 radical (unpaired) electrons. The molecule has 5 heteroatoms. The van der Waals surface area contributed by atoms with E-state index in [9.17, 15) is 0 Å². The van der Waals surface area contributed by atoms with Crippen LogP contribution in [0, 0.1) is 13.8 Å². The molecule has 3 aromatic rings. The van der Waals surface area contributed by atoms with Crippen LogP contribution in [0.1, 0.15) is 22.6 Å². The molecular weight excluding hydrogens is 250 g/mol. The van der Waals surface area contributed by atoms with E-state index < -0.39 is 0 Å². The lowest BCUT2D eigenvalue weighted by molar-refractivity contribution is 0.647. The first-order chi connectivity index (χ1) is 9.69. The topological polar surface area (TPSA) is 47.2 Å². The molecule has 1 N–H and O–H groups in total. The number of nitrogens with zero attached hydrogens (tertiary/aromatic N) is 4. The summed E-state index contributed by atoms with van der Waals surface area (Å²) in [6.07, 6.45) is 4.07. The lowest BCUT2D eigenvalue weighted by Gasteiger charge is -2.03. The van der Waals surface area contributed by atoms with Crippen molar-refractivity contribution in [1.29, 1.82) is 0 Å². The molecule has 0 unspecified atom stereocenters. The fraction of sp³-hybridized carbons (Fsp3) is 0.333. The summed E-state index contributed by atoms with van der Waals surface area (Å²) >= 11 is 0. The lowest BCUT2D eigenvalue weighted by atomic mass is 10.2. The number of fused-ring (bicyclic) bond motifs is 1. The van der Waals surface area contributed by atoms with E-state index in [1.54, 1.807) is 0 Å². The van der Waals surface area contributed by atoms with Crippen LogP contribution in [-0.4, -0.2) is 26.2 Å². The highest BCUT2D eigenvalue weighted by Crippen LogP contribution is 2.14. The monoisotopic (exact) mass is 269 g/mol. The summed E-state index contributed by atoms with van der Waals surface area (Å²) in [7, 11) is 1.96. The quantitative estimate of drug-likeness (QED) is 0.787. The largest absolute Gasteiger partial charge is 0.316 e. The Hall–Kier alpha value is -2.14. The molecule has 0 aromatic carbocycles. The van der Waals surface area contributed by atoms with Crippen molar-refractivity contribution < 1.29 is 0 Å². The van der Waals surface area contributed by atoms with E-state index in [1.807, 2.05) is 40.5 Å². The molecule has 3 aromatic heterocycles. The Bertz CT molecular complexity index is 705. The van der Waals surface area contributed by atoms with E-state index in [1.165, 1.54) is 11.3 Å². The smallest absolute Gasteiger partial charge is 0.137 e. The maximum atomic E-state index is 4.62. The van der Waals surface area contributed by atoms with Gasteiger partial charge in [-0.2, -0.15) is 5.10 Å². The van der Waals surface area contributed by atoms with Crippen molar-refractivity contribution >= 4 is 5.65 Å². The number of rotatable bonds is 4. The fourth-order valence-corrected chi connectivity index (χ4v) is 2.54. The van der Waals surface area contributed by atoms with Gasteiger partial charge in [0.25, 0.3) is 0 Å². The molecule has 0 saturated heterocycles. The molecule has 0 fully saturated rings. The third-order valence-electron chi connectivity index (χ3n) is 3.61. The predicted octanol–water partition coefficient (Wildman–Crippen LogP) is 1.92. The molecule has 0 saturated carbocycles. The second-order valence-electron chi connectivity index (χ2n) is 5.04. The number of imidazole rings is 1. The highest BCUT2D eigenvalue weighted by atomic mass is 15.3. The van der Waals surface area contributed by atoms with Crippen LogP contribution < -0.4 is 5.32 Å². The minimum Gasteiger partial charge on any atom is -0.316 e. The molecule has 104 valence electrons. The molecule has 0 amide bonds. The summed E-state index contributed by atoms with van der Waals surface area (Å²) in [5.74, 6) is 0. The number of hydrogen-bond donors (Lipinski definition) is 1. The summed E-state index contributed by atoms with van der Waals surface area (Å²) in [4.78, 5) is 4.62. The molecule has 5 nitrogen and oxygen atoms in total. The Kier molecular flexibility index (Phi) is 3.28. The Morgan fingerprint density at radius 1 is 1.25 bits per heavy atom. The SMILES string of the molecule is CNCc1c(C)nn(Cc2cn3ccccc3n2)c1C. The van der Waals surface area contributed by atoms with Gasteiger partial charge in [-0.1, -0.05) is 6.07 Å². The third kappa shape index (κ3) is 2.20. The number of pyridine rings is 1. The maximum absolute atomic E-state index is 4.62.